The Morgan fingerprint density at radius 3 is 2.82 bits per heavy atom. The Labute approximate surface area is 93.4 Å². The number of hydrogen-bond acceptors (Lipinski definition) is 5. The van der Waals surface area contributed by atoms with E-state index in [1.165, 1.54) is 0 Å². The zero-order chi connectivity index (χ0) is 12.4. The van der Waals surface area contributed by atoms with Crippen molar-refractivity contribution in [3.05, 3.63) is 0 Å². The van der Waals surface area contributed by atoms with Gasteiger partial charge in [0, 0.05) is 0 Å². The number of hydrogen-bond donors (Lipinski definition) is 1. The molecule has 3 aliphatic heterocycles. The summed E-state index contributed by atoms with van der Waals surface area (Å²) in [4.78, 5) is 21.5. The highest BCUT2D eigenvalue weighted by Crippen LogP contribution is 2.48. The van der Waals surface area contributed by atoms with Gasteiger partial charge in [0.2, 0.25) is 0 Å². The lowest BCUT2D eigenvalue weighted by Gasteiger charge is -2.25. The minimum atomic E-state index is -4.30. The number of carbonyl (C=O) groups is 2. The van der Waals surface area contributed by atoms with E-state index in [-0.39, 0.29) is 6.42 Å². The molecular weight excluding hydrogens is 242 g/mol. The van der Waals surface area contributed by atoms with Crippen LogP contribution in [0, 0.1) is 5.92 Å². The average Bonchev–Trinajstić information content (AvgIpc) is 2.81. The summed E-state index contributed by atoms with van der Waals surface area (Å²) in [6.07, 6.45) is -7.48. The van der Waals surface area contributed by atoms with Crippen LogP contribution < -0.4 is 0 Å². The number of halogens is 2. The molecule has 5 atom stereocenters. The second-order valence-corrected chi connectivity index (χ2v) is 4.29. The summed E-state index contributed by atoms with van der Waals surface area (Å²) in [6.45, 7) is 0. The first kappa shape index (κ1) is 10.8. The monoisotopic (exact) mass is 250 g/mol. The maximum Gasteiger partial charge on any atom is 0.456 e. The number of fused-ring (bicyclic) bond motifs is 1. The fourth-order valence-corrected chi connectivity index (χ4v) is 2.60. The molecule has 2 bridgehead atoms. The summed E-state index contributed by atoms with van der Waals surface area (Å²) in [6, 6.07) is 0. The normalized spacial score (nSPS) is 42.9. The molecule has 0 amide bonds. The van der Waals surface area contributed by atoms with Crippen molar-refractivity contribution < 1.29 is 37.7 Å². The van der Waals surface area contributed by atoms with E-state index >= 15 is 0 Å². The van der Waals surface area contributed by atoms with Crippen molar-refractivity contribution in [2.75, 3.05) is 0 Å². The van der Waals surface area contributed by atoms with E-state index in [1.807, 2.05) is 0 Å². The highest BCUT2D eigenvalue weighted by atomic mass is 19.3. The van der Waals surface area contributed by atoms with Crippen molar-refractivity contribution in [3.63, 3.8) is 0 Å². The second kappa shape index (κ2) is 3.14. The molecule has 17 heavy (non-hydrogen) atoms. The van der Waals surface area contributed by atoms with Crippen LogP contribution in [0.15, 0.2) is 0 Å². The summed E-state index contributed by atoms with van der Waals surface area (Å²) in [7, 11) is 0. The molecule has 0 saturated carbocycles. The fraction of sp³-hybridized carbons (Fsp3) is 0.778. The van der Waals surface area contributed by atoms with Gasteiger partial charge in [0.1, 0.15) is 12.2 Å². The molecule has 0 aromatic rings. The minimum absolute atomic E-state index is 0.236. The van der Waals surface area contributed by atoms with Gasteiger partial charge in [0.05, 0.1) is 12.0 Å². The van der Waals surface area contributed by atoms with Crippen LogP contribution in [0.4, 0.5) is 8.78 Å². The summed E-state index contributed by atoms with van der Waals surface area (Å²) >= 11 is 0. The van der Waals surface area contributed by atoms with E-state index in [1.54, 1.807) is 0 Å². The summed E-state index contributed by atoms with van der Waals surface area (Å²) in [5.41, 5.74) is 0. The molecule has 3 aliphatic rings. The van der Waals surface area contributed by atoms with E-state index in [0.717, 1.165) is 0 Å². The molecule has 8 heteroatoms. The molecule has 0 aliphatic carbocycles. The van der Waals surface area contributed by atoms with Crippen LogP contribution in [0.2, 0.25) is 0 Å². The highest BCUT2D eigenvalue weighted by molar-refractivity contribution is 5.77. The number of esters is 1. The Morgan fingerprint density at radius 2 is 2.18 bits per heavy atom. The van der Waals surface area contributed by atoms with Gasteiger partial charge >= 0.3 is 18.0 Å². The Balaban J connectivity index is 1.79. The van der Waals surface area contributed by atoms with E-state index in [0.29, 0.717) is 0 Å². The van der Waals surface area contributed by atoms with Gasteiger partial charge in [-0.2, -0.15) is 8.78 Å². The van der Waals surface area contributed by atoms with Crippen molar-refractivity contribution in [2.45, 2.75) is 36.9 Å². The van der Waals surface area contributed by atoms with E-state index in [4.69, 9.17) is 14.6 Å². The van der Waals surface area contributed by atoms with Gasteiger partial charge in [-0.15, -0.1) is 0 Å². The van der Waals surface area contributed by atoms with Crippen molar-refractivity contribution >= 4 is 11.9 Å². The number of carbonyl (C=O) groups excluding carboxylic acids is 1. The molecule has 0 aromatic carbocycles. The lowest BCUT2D eigenvalue weighted by Crippen LogP contribution is -2.45. The molecule has 94 valence electrons. The van der Waals surface area contributed by atoms with Gasteiger partial charge in [0.25, 0.3) is 0 Å². The number of alkyl halides is 2. The van der Waals surface area contributed by atoms with Crippen molar-refractivity contribution in [3.8, 4) is 0 Å². The van der Waals surface area contributed by atoms with Crippen LogP contribution in [0.5, 0.6) is 0 Å². The van der Waals surface area contributed by atoms with Crippen molar-refractivity contribution in [1.82, 2.24) is 0 Å². The van der Waals surface area contributed by atoms with Crippen LogP contribution in [0.3, 0.4) is 0 Å². The second-order valence-electron chi connectivity index (χ2n) is 4.29. The molecule has 1 N–H and O–H groups in total. The molecule has 0 aromatic heterocycles. The number of rotatable bonds is 3. The Bertz CT molecular complexity index is 397. The van der Waals surface area contributed by atoms with Gasteiger partial charge in [-0.3, -0.25) is 4.79 Å². The first-order chi connectivity index (χ1) is 7.90. The third-order valence-corrected chi connectivity index (χ3v) is 3.32. The molecule has 3 rings (SSSR count). The van der Waals surface area contributed by atoms with Gasteiger partial charge in [-0.25, -0.2) is 4.79 Å². The van der Waals surface area contributed by atoms with E-state index in [9.17, 15) is 18.4 Å². The third kappa shape index (κ3) is 1.37. The third-order valence-electron chi connectivity index (χ3n) is 3.32. The van der Waals surface area contributed by atoms with Crippen molar-refractivity contribution in [2.24, 2.45) is 5.92 Å². The molecule has 0 radical (unpaired) electrons. The maximum atomic E-state index is 12.9. The zero-order valence-electron chi connectivity index (χ0n) is 8.34. The lowest BCUT2D eigenvalue weighted by molar-refractivity contribution is -0.274. The molecule has 3 heterocycles. The number of carboxylic acid groups (broad SMARTS) is 1. The number of ether oxygens (including phenoxy) is 3. The fourth-order valence-electron chi connectivity index (χ4n) is 2.60. The van der Waals surface area contributed by atoms with Crippen molar-refractivity contribution in [1.29, 1.82) is 0 Å². The summed E-state index contributed by atoms with van der Waals surface area (Å²) < 4.78 is 40.2. The zero-order valence-corrected chi connectivity index (χ0v) is 8.34. The topological polar surface area (TPSA) is 82.1 Å². The largest absolute Gasteiger partial charge is 0.475 e. The van der Waals surface area contributed by atoms with Gasteiger partial charge in [0.15, 0.2) is 6.10 Å². The average molecular weight is 250 g/mol. The summed E-state index contributed by atoms with van der Waals surface area (Å²) in [5.74, 6) is -3.29. The quantitative estimate of drug-likeness (QED) is 0.696. The maximum absolute atomic E-state index is 12.9. The Kier molecular flexibility index (Phi) is 2.00. The molecular formula is C9H8F2O6. The van der Waals surface area contributed by atoms with Crippen LogP contribution >= 0.6 is 0 Å². The Hall–Kier alpha value is -1.28. The molecule has 3 fully saturated rings. The molecule has 0 spiro atoms. The van der Waals surface area contributed by atoms with Crippen LogP contribution in [0.1, 0.15) is 6.42 Å². The van der Waals surface area contributed by atoms with Gasteiger partial charge in [-0.1, -0.05) is 0 Å². The Morgan fingerprint density at radius 1 is 1.47 bits per heavy atom. The van der Waals surface area contributed by atoms with E-state index in [2.05, 4.69) is 4.74 Å². The van der Waals surface area contributed by atoms with Crippen LogP contribution in [-0.4, -0.2) is 47.6 Å². The van der Waals surface area contributed by atoms with E-state index < -0.39 is 48.4 Å². The molecule has 3 saturated heterocycles. The van der Waals surface area contributed by atoms with Crippen LogP contribution in [0.25, 0.3) is 0 Å². The molecule has 5 unspecified atom stereocenters. The summed E-state index contributed by atoms with van der Waals surface area (Å²) in [5, 5.41) is 8.27. The minimum Gasteiger partial charge on any atom is -0.475 e. The smallest absolute Gasteiger partial charge is 0.456 e. The standard InChI is InChI=1S/C9H8F2O6/c10-9(11,8(13)14)17-5-3-1-2-4(15-3)6(5)16-7(2)12/h2-6H,1H2,(H,13,14). The first-order valence-corrected chi connectivity index (χ1v) is 5.05. The van der Waals surface area contributed by atoms with Crippen LogP contribution in [-0.2, 0) is 23.8 Å². The predicted molar refractivity (Wildman–Crippen MR) is 44.1 cm³/mol. The number of carboxylic acids is 1. The highest BCUT2D eigenvalue weighted by Gasteiger charge is 2.66. The van der Waals surface area contributed by atoms with Gasteiger partial charge < -0.3 is 19.3 Å². The number of aliphatic carboxylic acids is 1. The predicted octanol–water partition coefficient (Wildman–Crippen LogP) is -0.238. The molecule has 6 nitrogen and oxygen atoms in total. The SMILES string of the molecule is O=C1OC2C(OC(F)(F)C(=O)O)C3CC1C2O3. The lowest BCUT2D eigenvalue weighted by atomic mass is 9.88. The van der Waals surface area contributed by atoms with Gasteiger partial charge in [-0.05, 0) is 6.42 Å². The first-order valence-electron chi connectivity index (χ1n) is 5.05.